The molecule has 1 saturated carbocycles. The van der Waals surface area contributed by atoms with Crippen molar-refractivity contribution in [3.8, 4) is 0 Å². The van der Waals surface area contributed by atoms with Crippen molar-refractivity contribution in [1.82, 2.24) is 9.88 Å². The summed E-state index contributed by atoms with van der Waals surface area (Å²) in [6.07, 6.45) is 6.90. The molecule has 0 amide bonds. The summed E-state index contributed by atoms with van der Waals surface area (Å²) in [4.78, 5) is 6.51. The number of hydrogen-bond donors (Lipinski definition) is 2. The molecule has 0 radical (unpaired) electrons. The fraction of sp³-hybridized carbons (Fsp3) is 0.600. The summed E-state index contributed by atoms with van der Waals surface area (Å²) < 4.78 is 0. The Morgan fingerprint density at radius 3 is 2.80 bits per heavy atom. The van der Waals surface area contributed by atoms with Crippen molar-refractivity contribution in [3.63, 3.8) is 0 Å². The molecule has 0 bridgehead atoms. The van der Waals surface area contributed by atoms with Gasteiger partial charge in [0, 0.05) is 18.8 Å². The van der Waals surface area contributed by atoms with Crippen LogP contribution in [-0.2, 0) is 6.54 Å². The predicted octanol–water partition coefficient (Wildman–Crippen LogP) is 2.19. The van der Waals surface area contributed by atoms with E-state index in [1.54, 1.807) is 6.20 Å². The van der Waals surface area contributed by atoms with Gasteiger partial charge in [-0.25, -0.2) is 0 Å². The molecule has 2 rings (SSSR count). The zero-order chi connectivity index (χ0) is 14.5. The average molecular weight is 276 g/mol. The predicted molar refractivity (Wildman–Crippen MR) is 79.6 cm³/mol. The highest BCUT2D eigenvalue weighted by Crippen LogP contribution is 2.27. The van der Waals surface area contributed by atoms with Crippen molar-refractivity contribution >= 4 is 5.84 Å². The second-order valence-corrected chi connectivity index (χ2v) is 5.86. The largest absolute Gasteiger partial charge is 0.409 e. The molecule has 1 fully saturated rings. The van der Waals surface area contributed by atoms with Gasteiger partial charge in [-0.1, -0.05) is 12.1 Å². The molecule has 1 heterocycles. The topological polar surface area (TPSA) is 74.7 Å². The third kappa shape index (κ3) is 3.70. The van der Waals surface area contributed by atoms with Crippen molar-refractivity contribution in [2.45, 2.75) is 45.2 Å². The van der Waals surface area contributed by atoms with Crippen LogP contribution in [0.5, 0.6) is 0 Å². The maximum absolute atomic E-state index is 8.70. The van der Waals surface area contributed by atoms with Gasteiger partial charge in [0.25, 0.3) is 0 Å². The Hall–Kier alpha value is -1.62. The normalized spacial score (nSPS) is 24.1. The monoisotopic (exact) mass is 276 g/mol. The van der Waals surface area contributed by atoms with Gasteiger partial charge in [-0.2, -0.15) is 0 Å². The van der Waals surface area contributed by atoms with Crippen molar-refractivity contribution < 1.29 is 5.21 Å². The van der Waals surface area contributed by atoms with E-state index in [1.165, 1.54) is 25.7 Å². The zero-order valence-electron chi connectivity index (χ0n) is 12.3. The lowest BCUT2D eigenvalue weighted by atomic mass is 9.86. The minimum atomic E-state index is 0.0565. The van der Waals surface area contributed by atoms with E-state index < -0.39 is 0 Å². The van der Waals surface area contributed by atoms with Crippen molar-refractivity contribution in [2.75, 3.05) is 7.05 Å². The number of aromatic nitrogens is 1. The molecule has 0 unspecified atom stereocenters. The van der Waals surface area contributed by atoms with Crippen LogP contribution in [0.25, 0.3) is 0 Å². The summed E-state index contributed by atoms with van der Waals surface area (Å²) in [6, 6.07) is 4.53. The van der Waals surface area contributed by atoms with Crippen LogP contribution in [0.2, 0.25) is 0 Å². The fourth-order valence-corrected chi connectivity index (χ4v) is 2.86. The first kappa shape index (κ1) is 14.8. The fourth-order valence-electron chi connectivity index (χ4n) is 2.86. The summed E-state index contributed by atoms with van der Waals surface area (Å²) in [5.74, 6) is 0.925. The third-order valence-electron chi connectivity index (χ3n) is 4.24. The Morgan fingerprint density at radius 2 is 2.15 bits per heavy atom. The van der Waals surface area contributed by atoms with E-state index in [0.717, 1.165) is 18.0 Å². The average Bonchev–Trinajstić information content (AvgIpc) is 2.47. The molecule has 5 nitrogen and oxygen atoms in total. The van der Waals surface area contributed by atoms with Crippen molar-refractivity contribution in [1.29, 1.82) is 0 Å². The summed E-state index contributed by atoms with van der Waals surface area (Å²) in [7, 11) is 2.17. The van der Waals surface area contributed by atoms with E-state index in [0.29, 0.717) is 11.7 Å². The Kier molecular flexibility index (Phi) is 4.95. The minimum absolute atomic E-state index is 0.0565. The van der Waals surface area contributed by atoms with Gasteiger partial charge < -0.3 is 10.9 Å². The lowest BCUT2D eigenvalue weighted by molar-refractivity contribution is 0.164. The van der Waals surface area contributed by atoms with Crippen molar-refractivity contribution in [2.24, 2.45) is 16.8 Å². The van der Waals surface area contributed by atoms with E-state index >= 15 is 0 Å². The Balaban J connectivity index is 1.99. The van der Waals surface area contributed by atoms with Crippen LogP contribution in [-0.4, -0.2) is 34.0 Å². The van der Waals surface area contributed by atoms with Crippen LogP contribution in [0.1, 0.15) is 43.9 Å². The van der Waals surface area contributed by atoms with Gasteiger partial charge in [0.05, 0.1) is 0 Å². The van der Waals surface area contributed by atoms with Crippen LogP contribution < -0.4 is 5.73 Å². The number of hydrogen-bond acceptors (Lipinski definition) is 4. The van der Waals surface area contributed by atoms with Crippen LogP contribution in [0, 0.1) is 5.92 Å². The lowest BCUT2D eigenvalue weighted by Crippen LogP contribution is -2.34. The molecule has 1 aliphatic carbocycles. The molecule has 1 aromatic heterocycles. The van der Waals surface area contributed by atoms with Gasteiger partial charge in [-0.15, -0.1) is 0 Å². The molecule has 1 aliphatic rings. The van der Waals surface area contributed by atoms with E-state index in [1.807, 2.05) is 12.1 Å². The molecule has 0 saturated heterocycles. The minimum Gasteiger partial charge on any atom is -0.409 e. The second-order valence-electron chi connectivity index (χ2n) is 5.86. The van der Waals surface area contributed by atoms with Crippen LogP contribution >= 0.6 is 0 Å². The van der Waals surface area contributed by atoms with Gasteiger partial charge >= 0.3 is 0 Å². The molecule has 20 heavy (non-hydrogen) atoms. The van der Waals surface area contributed by atoms with Crippen molar-refractivity contribution in [3.05, 3.63) is 29.6 Å². The van der Waals surface area contributed by atoms with E-state index in [-0.39, 0.29) is 5.84 Å². The van der Waals surface area contributed by atoms with E-state index in [2.05, 4.69) is 29.0 Å². The number of oxime groups is 1. The number of pyridine rings is 1. The van der Waals surface area contributed by atoms with Gasteiger partial charge in [-0.05, 0) is 56.3 Å². The number of rotatable bonds is 4. The lowest BCUT2D eigenvalue weighted by Gasteiger charge is -2.33. The van der Waals surface area contributed by atoms with Crippen LogP contribution in [0.15, 0.2) is 23.5 Å². The quantitative estimate of drug-likeness (QED) is 0.382. The van der Waals surface area contributed by atoms with Crippen LogP contribution in [0.3, 0.4) is 0 Å². The molecule has 1 aromatic rings. The smallest absolute Gasteiger partial charge is 0.188 e. The maximum atomic E-state index is 8.70. The summed E-state index contributed by atoms with van der Waals surface area (Å²) in [5.41, 5.74) is 7.24. The zero-order valence-corrected chi connectivity index (χ0v) is 12.3. The summed E-state index contributed by atoms with van der Waals surface area (Å²) in [5, 5.41) is 11.7. The molecular weight excluding hydrogens is 252 g/mol. The SMILES string of the molecule is CC1CCC(N(C)Cc2ccnc(C(N)=NO)c2)CC1. The Morgan fingerprint density at radius 1 is 1.45 bits per heavy atom. The summed E-state index contributed by atoms with van der Waals surface area (Å²) in [6.45, 7) is 3.20. The molecule has 5 heteroatoms. The van der Waals surface area contributed by atoms with Gasteiger partial charge in [0.1, 0.15) is 5.69 Å². The number of nitrogens with two attached hydrogens (primary N) is 1. The van der Waals surface area contributed by atoms with E-state index in [9.17, 15) is 0 Å². The molecule has 3 N–H and O–H groups in total. The molecule has 110 valence electrons. The molecule has 0 aliphatic heterocycles. The molecule has 0 spiro atoms. The van der Waals surface area contributed by atoms with Gasteiger partial charge in [-0.3, -0.25) is 9.88 Å². The number of nitrogens with zero attached hydrogens (tertiary/aromatic N) is 3. The second kappa shape index (κ2) is 6.70. The highest BCUT2D eigenvalue weighted by molar-refractivity contribution is 5.95. The molecule has 0 atom stereocenters. The highest BCUT2D eigenvalue weighted by atomic mass is 16.4. The van der Waals surface area contributed by atoms with Gasteiger partial charge in [0.2, 0.25) is 0 Å². The first-order chi connectivity index (χ1) is 9.60. The molecular formula is C15H24N4O. The summed E-state index contributed by atoms with van der Waals surface area (Å²) >= 11 is 0. The number of amidine groups is 1. The first-order valence-electron chi connectivity index (χ1n) is 7.23. The van der Waals surface area contributed by atoms with Gasteiger partial charge in [0.15, 0.2) is 5.84 Å². The highest BCUT2D eigenvalue weighted by Gasteiger charge is 2.21. The van der Waals surface area contributed by atoms with Crippen LogP contribution in [0.4, 0.5) is 0 Å². The standard InChI is InChI=1S/C15H24N4O/c1-11-3-5-13(6-4-11)19(2)10-12-7-8-17-14(9-12)15(16)18-20/h7-9,11,13,20H,3-6,10H2,1-2H3,(H2,16,18). The Labute approximate surface area is 120 Å². The first-order valence-corrected chi connectivity index (χ1v) is 7.23. The van der Waals surface area contributed by atoms with E-state index in [4.69, 9.17) is 10.9 Å². The maximum Gasteiger partial charge on any atom is 0.188 e. The Bertz CT molecular complexity index is 467. The third-order valence-corrected chi connectivity index (χ3v) is 4.24. The molecule has 0 aromatic carbocycles.